The van der Waals surface area contributed by atoms with Crippen LogP contribution in [-0.4, -0.2) is 75.5 Å². The van der Waals surface area contributed by atoms with Crippen molar-refractivity contribution in [1.82, 2.24) is 9.80 Å². The summed E-state index contributed by atoms with van der Waals surface area (Å²) in [5.41, 5.74) is 1.22. The number of rotatable bonds is 26. The van der Waals surface area contributed by atoms with Gasteiger partial charge < -0.3 is 19.3 Å². The van der Waals surface area contributed by atoms with Crippen LogP contribution >= 0.6 is 0 Å². The SMILES string of the molecule is CCCCCCCCCN(C)CCCOC(=O)Nc1ccc(NC(=O)OCCCN(C)CCCCCCCCC)cc1. The first-order valence-electron chi connectivity index (χ1n) is 16.8. The molecule has 1 rings (SSSR count). The number of benzene rings is 1. The third-order valence-electron chi connectivity index (χ3n) is 7.50. The molecule has 0 bridgehead atoms. The van der Waals surface area contributed by atoms with Gasteiger partial charge >= 0.3 is 12.2 Å². The lowest BCUT2D eigenvalue weighted by molar-refractivity contribution is 0.153. The molecule has 0 atom stereocenters. The van der Waals surface area contributed by atoms with Gasteiger partial charge in [-0.3, -0.25) is 10.6 Å². The topological polar surface area (TPSA) is 83.1 Å². The van der Waals surface area contributed by atoms with Crippen molar-refractivity contribution in [3.8, 4) is 0 Å². The monoisotopic (exact) mass is 590 g/mol. The van der Waals surface area contributed by atoms with Crippen LogP contribution in [0.3, 0.4) is 0 Å². The van der Waals surface area contributed by atoms with E-state index >= 15 is 0 Å². The molecule has 1 aromatic rings. The summed E-state index contributed by atoms with van der Waals surface area (Å²) in [6.45, 7) is 9.26. The first-order valence-corrected chi connectivity index (χ1v) is 16.8. The van der Waals surface area contributed by atoms with Gasteiger partial charge in [-0.1, -0.05) is 90.9 Å². The average Bonchev–Trinajstić information content (AvgIpc) is 2.97. The number of hydrogen-bond acceptors (Lipinski definition) is 6. The normalized spacial score (nSPS) is 11.2. The molecular formula is C34H62N4O4. The minimum atomic E-state index is -0.471. The Hall–Kier alpha value is -2.32. The molecule has 0 aliphatic heterocycles. The van der Waals surface area contributed by atoms with Crippen LogP contribution in [0.4, 0.5) is 21.0 Å². The predicted octanol–water partition coefficient (Wildman–Crippen LogP) is 8.93. The van der Waals surface area contributed by atoms with Gasteiger partial charge in [0.1, 0.15) is 0 Å². The van der Waals surface area contributed by atoms with Gasteiger partial charge in [-0.2, -0.15) is 0 Å². The van der Waals surface area contributed by atoms with Crippen LogP contribution in [0, 0.1) is 0 Å². The molecule has 8 heteroatoms. The zero-order valence-electron chi connectivity index (χ0n) is 27.4. The summed E-state index contributed by atoms with van der Waals surface area (Å²) in [5.74, 6) is 0. The smallest absolute Gasteiger partial charge is 0.411 e. The molecule has 0 aliphatic carbocycles. The third kappa shape index (κ3) is 22.3. The number of ether oxygens (including phenoxy) is 2. The zero-order chi connectivity index (χ0) is 30.7. The molecule has 0 radical (unpaired) electrons. The van der Waals surface area contributed by atoms with E-state index in [9.17, 15) is 9.59 Å². The van der Waals surface area contributed by atoms with E-state index in [4.69, 9.17) is 9.47 Å². The summed E-state index contributed by atoms with van der Waals surface area (Å²) < 4.78 is 10.6. The van der Waals surface area contributed by atoms with Gasteiger partial charge in [0.2, 0.25) is 0 Å². The van der Waals surface area contributed by atoms with Crippen molar-refractivity contribution in [1.29, 1.82) is 0 Å². The Morgan fingerprint density at radius 1 is 0.524 bits per heavy atom. The average molecular weight is 591 g/mol. The van der Waals surface area contributed by atoms with Crippen LogP contribution < -0.4 is 10.6 Å². The summed E-state index contributed by atoms with van der Waals surface area (Å²) in [6, 6.07) is 6.91. The molecule has 242 valence electrons. The van der Waals surface area contributed by atoms with Gasteiger partial charge in [0.25, 0.3) is 0 Å². The van der Waals surface area contributed by atoms with E-state index in [0.717, 1.165) is 39.0 Å². The Balaban J connectivity index is 2.07. The number of carbonyl (C=O) groups is 2. The second kappa shape index (κ2) is 26.3. The standard InChI is InChI=1S/C34H62N4O4/c1-5-7-9-11-13-15-17-25-37(3)27-19-29-41-33(39)35-31-21-23-32(24-22-31)36-34(40)42-30-20-28-38(4)26-18-16-14-12-10-8-6-2/h21-24H,5-20,25-30H2,1-4H3,(H,35,39)(H,36,40). The number of hydrogen-bond donors (Lipinski definition) is 2. The van der Waals surface area contributed by atoms with E-state index < -0.39 is 12.2 Å². The number of nitrogens with zero attached hydrogens (tertiary/aromatic N) is 2. The van der Waals surface area contributed by atoms with Gasteiger partial charge in [-0.15, -0.1) is 0 Å². The van der Waals surface area contributed by atoms with E-state index in [2.05, 4.69) is 48.4 Å². The summed E-state index contributed by atoms with van der Waals surface area (Å²) in [7, 11) is 4.25. The fourth-order valence-electron chi connectivity index (χ4n) is 4.84. The highest BCUT2D eigenvalue weighted by atomic mass is 16.6. The number of unbranched alkanes of at least 4 members (excludes halogenated alkanes) is 12. The number of carbonyl (C=O) groups excluding carboxylic acids is 2. The molecule has 0 aliphatic rings. The van der Waals surface area contributed by atoms with Crippen molar-refractivity contribution in [2.24, 2.45) is 0 Å². The Morgan fingerprint density at radius 2 is 0.833 bits per heavy atom. The quantitative estimate of drug-likeness (QED) is 0.105. The van der Waals surface area contributed by atoms with Crippen LogP contribution in [0.5, 0.6) is 0 Å². The van der Waals surface area contributed by atoms with Gasteiger partial charge in [0.15, 0.2) is 0 Å². The summed E-state index contributed by atoms with van der Waals surface area (Å²) in [5, 5.41) is 5.46. The van der Waals surface area contributed by atoms with Crippen molar-refractivity contribution in [3.63, 3.8) is 0 Å². The van der Waals surface area contributed by atoms with Gasteiger partial charge in [0, 0.05) is 24.5 Å². The molecule has 0 saturated heterocycles. The van der Waals surface area contributed by atoms with Crippen LogP contribution in [0.1, 0.15) is 117 Å². The molecular weight excluding hydrogens is 528 g/mol. The number of nitrogens with one attached hydrogen (secondary N) is 2. The maximum absolute atomic E-state index is 12.1. The van der Waals surface area contributed by atoms with Gasteiger partial charge in [-0.25, -0.2) is 9.59 Å². The molecule has 2 N–H and O–H groups in total. The van der Waals surface area contributed by atoms with Crippen LogP contribution in [0.25, 0.3) is 0 Å². The minimum absolute atomic E-state index is 0.383. The number of amides is 2. The van der Waals surface area contributed by atoms with Crippen molar-refractivity contribution < 1.29 is 19.1 Å². The molecule has 0 saturated carbocycles. The minimum Gasteiger partial charge on any atom is -0.449 e. The molecule has 0 spiro atoms. The fourth-order valence-corrected chi connectivity index (χ4v) is 4.84. The third-order valence-corrected chi connectivity index (χ3v) is 7.50. The molecule has 0 aromatic heterocycles. The van der Waals surface area contributed by atoms with Crippen LogP contribution in [-0.2, 0) is 9.47 Å². The van der Waals surface area contributed by atoms with Gasteiger partial charge in [-0.05, 0) is 77.1 Å². The lowest BCUT2D eigenvalue weighted by Gasteiger charge is -2.16. The Bertz CT molecular complexity index is 725. The van der Waals surface area contributed by atoms with E-state index in [0.29, 0.717) is 24.6 Å². The molecule has 0 heterocycles. The van der Waals surface area contributed by atoms with Crippen molar-refractivity contribution in [2.45, 2.75) is 117 Å². The predicted molar refractivity (Wildman–Crippen MR) is 177 cm³/mol. The molecule has 0 unspecified atom stereocenters. The van der Waals surface area contributed by atoms with E-state index in [1.54, 1.807) is 24.3 Å². The Labute approximate surface area is 257 Å². The molecule has 2 amide bonds. The highest BCUT2D eigenvalue weighted by Gasteiger charge is 2.07. The maximum Gasteiger partial charge on any atom is 0.411 e. The van der Waals surface area contributed by atoms with Crippen molar-refractivity contribution in [2.75, 3.05) is 64.1 Å². The summed E-state index contributed by atoms with van der Waals surface area (Å²) in [6.07, 6.45) is 19.1. The van der Waals surface area contributed by atoms with E-state index in [-0.39, 0.29) is 0 Å². The zero-order valence-corrected chi connectivity index (χ0v) is 27.4. The fraction of sp³-hybridized carbons (Fsp3) is 0.765. The second-order valence-electron chi connectivity index (χ2n) is 11.7. The maximum atomic E-state index is 12.1. The summed E-state index contributed by atoms with van der Waals surface area (Å²) >= 11 is 0. The van der Waals surface area contributed by atoms with Crippen LogP contribution in [0.15, 0.2) is 24.3 Å². The van der Waals surface area contributed by atoms with Gasteiger partial charge in [0.05, 0.1) is 13.2 Å². The highest BCUT2D eigenvalue weighted by molar-refractivity contribution is 5.87. The van der Waals surface area contributed by atoms with Crippen LogP contribution in [0.2, 0.25) is 0 Å². The lowest BCUT2D eigenvalue weighted by Crippen LogP contribution is -2.23. The molecule has 42 heavy (non-hydrogen) atoms. The lowest BCUT2D eigenvalue weighted by atomic mass is 10.1. The highest BCUT2D eigenvalue weighted by Crippen LogP contribution is 2.14. The largest absolute Gasteiger partial charge is 0.449 e. The van der Waals surface area contributed by atoms with Crippen molar-refractivity contribution >= 4 is 23.6 Å². The Kier molecular flexibility index (Phi) is 23.6. The first kappa shape index (κ1) is 37.7. The summed E-state index contributed by atoms with van der Waals surface area (Å²) in [4.78, 5) is 28.8. The molecule has 1 aromatic carbocycles. The van der Waals surface area contributed by atoms with Crippen molar-refractivity contribution in [3.05, 3.63) is 24.3 Å². The molecule has 8 nitrogen and oxygen atoms in total. The van der Waals surface area contributed by atoms with E-state index in [1.165, 1.54) is 89.9 Å². The Morgan fingerprint density at radius 3 is 1.19 bits per heavy atom. The molecule has 0 fully saturated rings. The first-order chi connectivity index (χ1) is 20.4. The number of anilines is 2. The second-order valence-corrected chi connectivity index (χ2v) is 11.7. The van der Waals surface area contributed by atoms with E-state index in [1.807, 2.05) is 0 Å².